The Morgan fingerprint density at radius 1 is 0.432 bits per heavy atom. The van der Waals surface area contributed by atoms with Crippen LogP contribution in [0.4, 0.5) is 0 Å². The molecule has 0 amide bonds. The van der Waals surface area contributed by atoms with Gasteiger partial charge in [0, 0.05) is 0 Å². The highest BCUT2D eigenvalue weighted by molar-refractivity contribution is 4.90. The molecular formula is C42H83N2+. The molecule has 2 atom stereocenters. The normalized spacial score (nSPS) is 13.1. The Morgan fingerprint density at radius 2 is 0.727 bits per heavy atom. The summed E-state index contributed by atoms with van der Waals surface area (Å²) in [6, 6.07) is 0.619. The average Bonchev–Trinajstić information content (AvgIpc) is 3.53. The molecule has 0 radical (unpaired) electrons. The van der Waals surface area contributed by atoms with Crippen LogP contribution in [0.15, 0.2) is 12.4 Å². The van der Waals surface area contributed by atoms with Gasteiger partial charge in [-0.1, -0.05) is 207 Å². The van der Waals surface area contributed by atoms with E-state index in [9.17, 15) is 0 Å². The molecule has 0 saturated heterocycles. The Labute approximate surface area is 278 Å². The van der Waals surface area contributed by atoms with Gasteiger partial charge in [-0.15, -0.1) is 0 Å². The fourth-order valence-corrected chi connectivity index (χ4v) is 7.31. The highest BCUT2D eigenvalue weighted by Crippen LogP contribution is 2.27. The second-order valence-electron chi connectivity index (χ2n) is 14.7. The molecule has 2 unspecified atom stereocenters. The van der Waals surface area contributed by atoms with Gasteiger partial charge in [0.25, 0.3) is 5.82 Å². The zero-order valence-electron chi connectivity index (χ0n) is 31.1. The number of aromatic amines is 1. The van der Waals surface area contributed by atoms with Crippen molar-refractivity contribution in [2.24, 2.45) is 0 Å². The van der Waals surface area contributed by atoms with Crippen molar-refractivity contribution in [3.8, 4) is 0 Å². The molecule has 2 heteroatoms. The van der Waals surface area contributed by atoms with Gasteiger partial charge in [0.1, 0.15) is 12.4 Å². The molecule has 2 nitrogen and oxygen atoms in total. The summed E-state index contributed by atoms with van der Waals surface area (Å²) in [5.41, 5.74) is 0. The van der Waals surface area contributed by atoms with Crippen LogP contribution in [0.2, 0.25) is 0 Å². The van der Waals surface area contributed by atoms with Gasteiger partial charge in [-0.05, 0) is 32.6 Å². The Bertz CT molecular complexity index is 679. The Hall–Kier alpha value is -0.790. The van der Waals surface area contributed by atoms with Gasteiger partial charge < -0.3 is 0 Å². The lowest BCUT2D eigenvalue weighted by molar-refractivity contribution is -0.727. The molecule has 0 aromatic carbocycles. The third-order valence-electron chi connectivity index (χ3n) is 10.4. The van der Waals surface area contributed by atoms with E-state index in [0.717, 1.165) is 0 Å². The van der Waals surface area contributed by atoms with Crippen LogP contribution in [-0.2, 0) is 0 Å². The van der Waals surface area contributed by atoms with Crippen molar-refractivity contribution in [3.63, 3.8) is 0 Å². The monoisotopic (exact) mass is 616 g/mol. The minimum absolute atomic E-state index is 0.619. The molecular weight excluding hydrogens is 532 g/mol. The first-order valence-electron chi connectivity index (χ1n) is 20.8. The largest absolute Gasteiger partial charge is 0.257 e. The smallest absolute Gasteiger partial charge is 0.247 e. The fraction of sp³-hybridized carbons (Fsp3) is 0.929. The number of hydrogen-bond acceptors (Lipinski definition) is 0. The summed E-state index contributed by atoms with van der Waals surface area (Å²) in [7, 11) is 0. The fourth-order valence-electron chi connectivity index (χ4n) is 7.31. The van der Waals surface area contributed by atoms with Crippen LogP contribution in [0.1, 0.15) is 257 Å². The maximum atomic E-state index is 3.74. The molecule has 0 aliphatic carbocycles. The third kappa shape index (κ3) is 23.5. The van der Waals surface area contributed by atoms with Gasteiger partial charge in [-0.3, -0.25) is 0 Å². The lowest BCUT2D eigenvalue weighted by atomic mass is 9.92. The maximum absolute atomic E-state index is 3.74. The Balaban J connectivity index is 2.32. The molecule has 1 aromatic rings. The molecule has 0 aliphatic heterocycles. The highest BCUT2D eigenvalue weighted by Gasteiger charge is 2.25. The Morgan fingerprint density at radius 3 is 1.09 bits per heavy atom. The number of rotatable bonds is 35. The van der Waals surface area contributed by atoms with Crippen LogP contribution in [-0.4, -0.2) is 4.98 Å². The van der Waals surface area contributed by atoms with Crippen LogP contribution in [0.5, 0.6) is 0 Å². The van der Waals surface area contributed by atoms with Crippen molar-refractivity contribution in [2.75, 3.05) is 0 Å². The summed E-state index contributed by atoms with van der Waals surface area (Å²) >= 11 is 0. The second kappa shape index (κ2) is 32.2. The van der Waals surface area contributed by atoms with Crippen molar-refractivity contribution in [3.05, 3.63) is 18.2 Å². The van der Waals surface area contributed by atoms with Crippen LogP contribution in [0.25, 0.3) is 0 Å². The summed E-state index contributed by atoms with van der Waals surface area (Å²) < 4.78 is 2.63. The van der Waals surface area contributed by atoms with Crippen molar-refractivity contribution in [1.82, 2.24) is 4.98 Å². The van der Waals surface area contributed by atoms with Crippen molar-refractivity contribution in [1.29, 1.82) is 0 Å². The number of hydrogen-bond donors (Lipinski definition) is 1. The van der Waals surface area contributed by atoms with E-state index in [-0.39, 0.29) is 0 Å². The van der Waals surface area contributed by atoms with E-state index in [1.165, 1.54) is 218 Å². The van der Waals surface area contributed by atoms with Crippen LogP contribution in [0, 0.1) is 0 Å². The number of aromatic nitrogens is 2. The first kappa shape index (κ1) is 41.2. The average molecular weight is 616 g/mol. The number of nitrogens with one attached hydrogen (secondary N) is 1. The lowest BCUT2D eigenvalue weighted by Crippen LogP contribution is -2.41. The topological polar surface area (TPSA) is 19.7 Å². The summed E-state index contributed by atoms with van der Waals surface area (Å²) in [6.45, 7) is 9.40. The zero-order valence-corrected chi connectivity index (χ0v) is 31.1. The van der Waals surface area contributed by atoms with Gasteiger partial charge >= 0.3 is 0 Å². The zero-order chi connectivity index (χ0) is 31.8. The first-order valence-corrected chi connectivity index (χ1v) is 20.8. The predicted octanol–water partition coefficient (Wildman–Crippen LogP) is 14.9. The Kier molecular flexibility index (Phi) is 30.1. The standard InChI is InChI=1S/C42H82N2/c1-5-8-11-14-16-18-20-21-22-23-25-27-29-31-34-37-41(36-33-30-28-26-24-19-17-15-12-9-6-2)42-43-38-39-44(42)40(4)35-32-13-10-7-3/h38-41H,5-37H2,1-4H3/p+1. The van der Waals surface area contributed by atoms with E-state index < -0.39 is 0 Å². The quantitative estimate of drug-likeness (QED) is 0.0579. The molecule has 1 N–H and O–H groups in total. The molecule has 1 heterocycles. The minimum atomic E-state index is 0.619. The maximum Gasteiger partial charge on any atom is 0.257 e. The van der Waals surface area contributed by atoms with Gasteiger partial charge in [-0.2, -0.15) is 0 Å². The number of nitrogens with zero attached hydrogens (tertiary/aromatic N) is 1. The van der Waals surface area contributed by atoms with Gasteiger partial charge in [-0.25, -0.2) is 9.55 Å². The molecule has 44 heavy (non-hydrogen) atoms. The minimum Gasteiger partial charge on any atom is -0.247 e. The number of unbranched alkanes of at least 4 members (excludes halogenated alkanes) is 27. The third-order valence-corrected chi connectivity index (χ3v) is 10.4. The van der Waals surface area contributed by atoms with Gasteiger partial charge in [0.2, 0.25) is 0 Å². The van der Waals surface area contributed by atoms with Crippen molar-refractivity contribution >= 4 is 0 Å². The summed E-state index contributed by atoms with van der Waals surface area (Å²) in [6.07, 6.45) is 51.7. The summed E-state index contributed by atoms with van der Waals surface area (Å²) in [5, 5.41) is 0. The highest BCUT2D eigenvalue weighted by atomic mass is 15.1. The molecule has 0 bridgehead atoms. The molecule has 0 aliphatic rings. The van der Waals surface area contributed by atoms with E-state index in [0.29, 0.717) is 12.0 Å². The van der Waals surface area contributed by atoms with E-state index >= 15 is 0 Å². The molecule has 0 fully saturated rings. The van der Waals surface area contributed by atoms with Gasteiger partial charge in [0.15, 0.2) is 0 Å². The van der Waals surface area contributed by atoms with Crippen LogP contribution < -0.4 is 4.57 Å². The molecule has 1 aromatic heterocycles. The van der Waals surface area contributed by atoms with Crippen LogP contribution >= 0.6 is 0 Å². The second-order valence-corrected chi connectivity index (χ2v) is 14.7. The van der Waals surface area contributed by atoms with Crippen molar-refractivity contribution in [2.45, 2.75) is 252 Å². The number of H-pyrrole nitrogens is 1. The molecule has 1 rings (SSSR count). The lowest BCUT2D eigenvalue weighted by Gasteiger charge is -2.17. The van der Waals surface area contributed by atoms with E-state index in [4.69, 9.17) is 0 Å². The summed E-state index contributed by atoms with van der Waals surface area (Å²) in [4.78, 5) is 3.74. The van der Waals surface area contributed by atoms with Gasteiger partial charge in [0.05, 0.1) is 12.0 Å². The van der Waals surface area contributed by atoms with Crippen LogP contribution in [0.3, 0.4) is 0 Å². The van der Waals surface area contributed by atoms with E-state index in [2.05, 4.69) is 49.6 Å². The summed E-state index contributed by atoms with van der Waals surface area (Å²) in [5.74, 6) is 2.24. The first-order chi connectivity index (χ1) is 21.7. The SMILES string of the molecule is CCCCCCCCCCCCCCCCCC(CCCCCCCCCCCCC)c1[nH]cc[n+]1C(C)CCCCCC. The molecule has 0 saturated carbocycles. The van der Waals surface area contributed by atoms with Crippen molar-refractivity contribution < 1.29 is 4.57 Å². The molecule has 0 spiro atoms. The van der Waals surface area contributed by atoms with E-state index in [1.807, 2.05) is 0 Å². The predicted molar refractivity (Wildman–Crippen MR) is 198 cm³/mol. The van der Waals surface area contributed by atoms with E-state index in [1.54, 1.807) is 0 Å². The molecule has 260 valence electrons. The number of imidazole rings is 1.